The Bertz CT molecular complexity index is 292. The Hall–Kier alpha value is -1.01. The first-order valence-electron chi connectivity index (χ1n) is 5.15. The van der Waals surface area contributed by atoms with Gasteiger partial charge in [0.15, 0.2) is 6.29 Å². The highest BCUT2D eigenvalue weighted by Gasteiger charge is 2.44. The van der Waals surface area contributed by atoms with E-state index in [2.05, 4.69) is 5.32 Å². The van der Waals surface area contributed by atoms with Crippen molar-refractivity contribution in [2.24, 2.45) is 0 Å². The summed E-state index contributed by atoms with van der Waals surface area (Å²) in [5.41, 5.74) is 1.28. The second kappa shape index (κ2) is 6.24. The molecule has 0 aliphatic carbocycles. The second-order valence-corrected chi connectivity index (χ2v) is 3.85. The average molecular weight is 266 g/mol. The molecule has 1 rings (SSSR count). The van der Waals surface area contributed by atoms with Crippen LogP contribution < -0.4 is 10.9 Å². The van der Waals surface area contributed by atoms with Crippen molar-refractivity contribution in [1.82, 2.24) is 15.9 Å². The number of ether oxygens (including phenoxy) is 1. The van der Waals surface area contributed by atoms with Crippen LogP contribution in [0.2, 0.25) is 0 Å². The van der Waals surface area contributed by atoms with E-state index in [0.29, 0.717) is 5.01 Å². The molecule has 6 N–H and O–H groups in total. The second-order valence-electron chi connectivity index (χ2n) is 3.85. The Kier molecular flexibility index (Phi) is 5.22. The van der Waals surface area contributed by atoms with Gasteiger partial charge in [-0.3, -0.25) is 5.01 Å². The SMILES string of the molecule is CN(N[O-])C(=O)NC1C(O)OC(CO)C(O)C1O. The Labute approximate surface area is 102 Å². The number of rotatable bonds is 3. The van der Waals surface area contributed by atoms with E-state index >= 15 is 0 Å². The molecule has 0 spiro atoms. The summed E-state index contributed by atoms with van der Waals surface area (Å²) in [6.45, 7) is -0.599. The summed E-state index contributed by atoms with van der Waals surface area (Å²) in [6, 6.07) is -2.25. The number of hydrazine groups is 1. The van der Waals surface area contributed by atoms with Gasteiger partial charge in [0.2, 0.25) is 0 Å². The predicted octanol–water partition coefficient (Wildman–Crippen LogP) is -3.57. The van der Waals surface area contributed by atoms with Gasteiger partial charge < -0.3 is 41.3 Å². The molecule has 0 aromatic rings. The van der Waals surface area contributed by atoms with Crippen LogP contribution in [0, 0.1) is 5.21 Å². The standard InChI is InChI=1S/C8H16N3O7/c1-11(10-17)8(16)9-4-6(14)5(13)3(2-12)18-7(4)15/h3-7,10,12-15H,2H2,1H3,(H,9,16)/q-1. The van der Waals surface area contributed by atoms with Crippen LogP contribution in [0.1, 0.15) is 0 Å². The van der Waals surface area contributed by atoms with Crippen molar-refractivity contribution in [3.8, 4) is 0 Å². The normalized spacial score (nSPS) is 36.2. The fourth-order valence-electron chi connectivity index (χ4n) is 1.53. The summed E-state index contributed by atoms with van der Waals surface area (Å²) in [6.07, 6.45) is -5.80. The van der Waals surface area contributed by atoms with Crippen LogP contribution in [0.5, 0.6) is 0 Å². The van der Waals surface area contributed by atoms with Gasteiger partial charge in [-0.1, -0.05) is 0 Å². The zero-order valence-corrected chi connectivity index (χ0v) is 9.55. The molecule has 18 heavy (non-hydrogen) atoms. The van der Waals surface area contributed by atoms with Gasteiger partial charge in [-0.05, 0) is 0 Å². The van der Waals surface area contributed by atoms with Gasteiger partial charge >= 0.3 is 6.03 Å². The number of carbonyl (C=O) groups excluding carboxylic acids is 1. The van der Waals surface area contributed by atoms with Gasteiger partial charge in [0.1, 0.15) is 24.4 Å². The fraction of sp³-hybridized carbons (Fsp3) is 0.875. The van der Waals surface area contributed by atoms with Crippen molar-refractivity contribution in [2.45, 2.75) is 30.6 Å². The maximum absolute atomic E-state index is 11.3. The first-order valence-corrected chi connectivity index (χ1v) is 5.15. The first kappa shape index (κ1) is 15.0. The molecule has 0 saturated carbocycles. The minimum atomic E-state index is -1.62. The molecule has 0 radical (unpaired) electrons. The van der Waals surface area contributed by atoms with E-state index in [1.165, 1.54) is 5.59 Å². The number of nitrogens with one attached hydrogen (secondary N) is 2. The van der Waals surface area contributed by atoms with Crippen molar-refractivity contribution >= 4 is 6.03 Å². The number of nitrogens with zero attached hydrogens (tertiary/aromatic N) is 1. The molecule has 1 aliphatic heterocycles. The summed E-state index contributed by atoms with van der Waals surface area (Å²) in [4.78, 5) is 11.3. The number of carbonyl (C=O) groups is 1. The molecule has 0 bridgehead atoms. The molecule has 5 unspecified atom stereocenters. The number of aliphatic hydroxyl groups is 4. The van der Waals surface area contributed by atoms with Crippen molar-refractivity contribution in [3.63, 3.8) is 0 Å². The van der Waals surface area contributed by atoms with E-state index in [1.807, 2.05) is 0 Å². The van der Waals surface area contributed by atoms with Crippen LogP contribution in [-0.2, 0) is 4.74 Å². The number of aliphatic hydroxyl groups excluding tert-OH is 4. The van der Waals surface area contributed by atoms with Crippen molar-refractivity contribution in [1.29, 1.82) is 0 Å². The van der Waals surface area contributed by atoms with Crippen molar-refractivity contribution < 1.29 is 30.0 Å². The minimum absolute atomic E-state index is 0.532. The molecule has 1 fully saturated rings. The monoisotopic (exact) mass is 266 g/mol. The number of hydrogen-bond acceptors (Lipinski definition) is 8. The van der Waals surface area contributed by atoms with E-state index in [-0.39, 0.29) is 0 Å². The van der Waals surface area contributed by atoms with Crippen LogP contribution in [0.3, 0.4) is 0 Å². The van der Waals surface area contributed by atoms with E-state index in [9.17, 15) is 25.3 Å². The van der Waals surface area contributed by atoms with Crippen LogP contribution in [0.4, 0.5) is 4.79 Å². The molecule has 1 saturated heterocycles. The molecule has 1 heterocycles. The van der Waals surface area contributed by atoms with Crippen LogP contribution >= 0.6 is 0 Å². The number of amides is 2. The maximum Gasteiger partial charge on any atom is 0.331 e. The summed E-state index contributed by atoms with van der Waals surface area (Å²) in [7, 11) is 1.12. The zero-order valence-electron chi connectivity index (χ0n) is 9.55. The quantitative estimate of drug-likeness (QED) is 0.286. The summed E-state index contributed by atoms with van der Waals surface area (Å²) in [5, 5.41) is 50.4. The first-order chi connectivity index (χ1) is 8.42. The average Bonchev–Trinajstić information content (AvgIpc) is 2.37. The largest absolute Gasteiger partial charge is 0.770 e. The Morgan fingerprint density at radius 1 is 1.39 bits per heavy atom. The summed E-state index contributed by atoms with van der Waals surface area (Å²) in [5.74, 6) is 0. The Morgan fingerprint density at radius 2 is 2.00 bits per heavy atom. The van der Waals surface area contributed by atoms with Crippen molar-refractivity contribution in [3.05, 3.63) is 5.21 Å². The predicted molar refractivity (Wildman–Crippen MR) is 56.6 cm³/mol. The van der Waals surface area contributed by atoms with Crippen LogP contribution in [0.15, 0.2) is 0 Å². The molecule has 10 heteroatoms. The molecular formula is C8H16N3O7-. The zero-order chi connectivity index (χ0) is 13.9. The van der Waals surface area contributed by atoms with Gasteiger partial charge in [-0.2, -0.15) is 0 Å². The third-order valence-corrected chi connectivity index (χ3v) is 2.63. The lowest BCUT2D eigenvalue weighted by atomic mass is 9.97. The highest BCUT2D eigenvalue weighted by atomic mass is 16.6. The van der Waals surface area contributed by atoms with E-state index in [0.717, 1.165) is 7.05 Å². The minimum Gasteiger partial charge on any atom is -0.770 e. The smallest absolute Gasteiger partial charge is 0.331 e. The van der Waals surface area contributed by atoms with Gasteiger partial charge in [0, 0.05) is 7.05 Å². The topological polar surface area (TPSA) is 158 Å². The molecule has 1 aliphatic rings. The van der Waals surface area contributed by atoms with Gasteiger partial charge in [-0.15, -0.1) is 0 Å². The van der Waals surface area contributed by atoms with E-state index in [4.69, 9.17) is 9.84 Å². The molecule has 0 aromatic carbocycles. The lowest BCUT2D eigenvalue weighted by Gasteiger charge is -2.40. The lowest BCUT2D eigenvalue weighted by molar-refractivity contribution is -0.252. The molecule has 5 atom stereocenters. The maximum atomic E-state index is 11.3. The third-order valence-electron chi connectivity index (χ3n) is 2.63. The fourth-order valence-corrected chi connectivity index (χ4v) is 1.53. The van der Waals surface area contributed by atoms with E-state index < -0.39 is 43.3 Å². The summed E-state index contributed by atoms with van der Waals surface area (Å²) < 4.78 is 4.81. The molecule has 10 nitrogen and oxygen atoms in total. The lowest BCUT2D eigenvalue weighted by Crippen LogP contribution is -2.65. The van der Waals surface area contributed by atoms with Gasteiger partial charge in [-0.25, -0.2) is 4.79 Å². The molecular weight excluding hydrogens is 250 g/mol. The Morgan fingerprint density at radius 3 is 2.50 bits per heavy atom. The third kappa shape index (κ3) is 3.05. The van der Waals surface area contributed by atoms with Crippen LogP contribution in [-0.4, -0.2) is 75.8 Å². The van der Waals surface area contributed by atoms with Crippen molar-refractivity contribution in [2.75, 3.05) is 13.7 Å². The van der Waals surface area contributed by atoms with Gasteiger partial charge in [0.05, 0.1) is 6.61 Å². The van der Waals surface area contributed by atoms with Crippen LogP contribution in [0.25, 0.3) is 0 Å². The highest BCUT2D eigenvalue weighted by molar-refractivity contribution is 5.73. The highest BCUT2D eigenvalue weighted by Crippen LogP contribution is 2.19. The number of urea groups is 1. The molecule has 106 valence electrons. The molecule has 2 amide bonds. The molecule has 0 aromatic heterocycles. The number of hydrogen-bond donors (Lipinski definition) is 6. The summed E-state index contributed by atoms with van der Waals surface area (Å²) >= 11 is 0. The van der Waals surface area contributed by atoms with E-state index in [1.54, 1.807) is 0 Å². The van der Waals surface area contributed by atoms with Gasteiger partial charge in [0.25, 0.3) is 0 Å². The Balaban J connectivity index is 2.68.